The fraction of sp³-hybridized carbons (Fsp3) is 0.529. The summed E-state index contributed by atoms with van der Waals surface area (Å²) in [5.41, 5.74) is 0.604. The van der Waals surface area contributed by atoms with Gasteiger partial charge in [-0.05, 0) is 31.4 Å². The van der Waals surface area contributed by atoms with E-state index in [1.165, 1.54) is 0 Å². The number of likely N-dealkylation sites (tertiary alicyclic amines) is 1. The van der Waals surface area contributed by atoms with Crippen LogP contribution in [-0.2, 0) is 4.79 Å². The Morgan fingerprint density at radius 3 is 2.59 bits per heavy atom. The quantitative estimate of drug-likeness (QED) is 0.820. The van der Waals surface area contributed by atoms with Crippen molar-refractivity contribution in [2.45, 2.75) is 50.0 Å². The van der Waals surface area contributed by atoms with Gasteiger partial charge in [0.2, 0.25) is 5.91 Å². The van der Waals surface area contributed by atoms with E-state index in [2.05, 4.69) is 24.9 Å². The number of thiol groups is 1. The third kappa shape index (κ3) is 4.50. The maximum Gasteiger partial charge on any atom is 0.252 e. The third-order valence-electron chi connectivity index (χ3n) is 4.08. The lowest BCUT2D eigenvalue weighted by molar-refractivity contribution is -0.132. The first-order valence-electron chi connectivity index (χ1n) is 7.98. The van der Waals surface area contributed by atoms with Gasteiger partial charge >= 0.3 is 0 Å². The number of hydrogen-bond donors (Lipinski definition) is 2. The van der Waals surface area contributed by atoms with Crippen molar-refractivity contribution in [2.24, 2.45) is 0 Å². The highest BCUT2D eigenvalue weighted by atomic mass is 32.1. The van der Waals surface area contributed by atoms with Crippen LogP contribution in [-0.4, -0.2) is 35.8 Å². The van der Waals surface area contributed by atoms with E-state index < -0.39 is 0 Å². The fourth-order valence-corrected chi connectivity index (χ4v) is 2.95. The SMILES string of the molecule is CCCCC(=O)N1CCC(NC(=O)c2ccccc2S)CC1. The number of amides is 2. The summed E-state index contributed by atoms with van der Waals surface area (Å²) >= 11 is 4.32. The molecule has 1 heterocycles. The number of rotatable bonds is 5. The molecule has 1 fully saturated rings. The van der Waals surface area contributed by atoms with Crippen molar-refractivity contribution < 1.29 is 9.59 Å². The zero-order chi connectivity index (χ0) is 15.9. The van der Waals surface area contributed by atoms with Gasteiger partial charge in [-0.25, -0.2) is 0 Å². The molecule has 1 saturated heterocycles. The second-order valence-electron chi connectivity index (χ2n) is 5.75. The Balaban J connectivity index is 1.81. The molecule has 0 unspecified atom stereocenters. The molecule has 0 aromatic heterocycles. The maximum atomic E-state index is 12.2. The van der Waals surface area contributed by atoms with Gasteiger partial charge in [-0.2, -0.15) is 0 Å². The molecule has 4 nitrogen and oxygen atoms in total. The van der Waals surface area contributed by atoms with E-state index in [9.17, 15) is 9.59 Å². The highest BCUT2D eigenvalue weighted by Gasteiger charge is 2.24. The molecule has 1 aliphatic heterocycles. The van der Waals surface area contributed by atoms with Gasteiger partial charge in [-0.3, -0.25) is 9.59 Å². The van der Waals surface area contributed by atoms with E-state index in [0.717, 1.165) is 38.8 Å². The largest absolute Gasteiger partial charge is 0.349 e. The molecule has 1 N–H and O–H groups in total. The van der Waals surface area contributed by atoms with E-state index in [1.807, 2.05) is 23.1 Å². The minimum atomic E-state index is -0.0821. The first-order chi connectivity index (χ1) is 10.6. The van der Waals surface area contributed by atoms with Gasteiger partial charge in [0.15, 0.2) is 0 Å². The van der Waals surface area contributed by atoms with Gasteiger partial charge in [0.1, 0.15) is 0 Å². The first kappa shape index (κ1) is 16.9. The van der Waals surface area contributed by atoms with Crippen LogP contribution in [0, 0.1) is 0 Å². The van der Waals surface area contributed by atoms with E-state index in [0.29, 0.717) is 16.9 Å². The second-order valence-corrected chi connectivity index (χ2v) is 6.23. The fourth-order valence-electron chi connectivity index (χ4n) is 2.69. The minimum Gasteiger partial charge on any atom is -0.349 e. The van der Waals surface area contributed by atoms with Gasteiger partial charge in [-0.15, -0.1) is 12.6 Å². The Morgan fingerprint density at radius 1 is 1.27 bits per heavy atom. The van der Waals surface area contributed by atoms with Crippen molar-refractivity contribution in [3.63, 3.8) is 0 Å². The molecule has 0 radical (unpaired) electrons. The Labute approximate surface area is 137 Å². The summed E-state index contributed by atoms with van der Waals surface area (Å²) in [5, 5.41) is 3.05. The molecule has 5 heteroatoms. The zero-order valence-electron chi connectivity index (χ0n) is 13.0. The molecule has 0 atom stereocenters. The van der Waals surface area contributed by atoms with Crippen molar-refractivity contribution in [3.8, 4) is 0 Å². The molecule has 2 rings (SSSR count). The lowest BCUT2D eigenvalue weighted by atomic mass is 10.0. The molecule has 2 amide bonds. The zero-order valence-corrected chi connectivity index (χ0v) is 13.9. The third-order valence-corrected chi connectivity index (χ3v) is 4.47. The summed E-state index contributed by atoms with van der Waals surface area (Å²) in [6, 6.07) is 7.42. The first-order valence-corrected chi connectivity index (χ1v) is 8.43. The van der Waals surface area contributed by atoms with Crippen LogP contribution >= 0.6 is 12.6 Å². The Morgan fingerprint density at radius 2 is 1.95 bits per heavy atom. The minimum absolute atomic E-state index is 0.0821. The number of unbranched alkanes of at least 4 members (excludes halogenated alkanes) is 1. The summed E-state index contributed by atoms with van der Waals surface area (Å²) < 4.78 is 0. The molecule has 120 valence electrons. The van der Waals surface area contributed by atoms with Gasteiger partial charge < -0.3 is 10.2 Å². The van der Waals surface area contributed by atoms with Crippen LogP contribution in [0.1, 0.15) is 49.4 Å². The monoisotopic (exact) mass is 320 g/mol. The number of hydrogen-bond acceptors (Lipinski definition) is 3. The summed E-state index contributed by atoms with van der Waals surface area (Å²) in [4.78, 5) is 26.8. The number of benzene rings is 1. The van der Waals surface area contributed by atoms with Crippen LogP contribution in [0.25, 0.3) is 0 Å². The van der Waals surface area contributed by atoms with Crippen LogP contribution in [0.5, 0.6) is 0 Å². The van der Waals surface area contributed by atoms with E-state index in [1.54, 1.807) is 6.07 Å². The van der Waals surface area contributed by atoms with Gasteiger partial charge in [0, 0.05) is 30.4 Å². The molecule has 1 aliphatic rings. The van der Waals surface area contributed by atoms with Crippen molar-refractivity contribution in [1.29, 1.82) is 0 Å². The van der Waals surface area contributed by atoms with Crippen LogP contribution < -0.4 is 5.32 Å². The van der Waals surface area contributed by atoms with E-state index in [-0.39, 0.29) is 17.9 Å². The number of carbonyl (C=O) groups is 2. The van der Waals surface area contributed by atoms with Crippen molar-refractivity contribution in [3.05, 3.63) is 29.8 Å². The lowest BCUT2D eigenvalue weighted by Gasteiger charge is -2.32. The number of nitrogens with one attached hydrogen (secondary N) is 1. The maximum absolute atomic E-state index is 12.2. The normalized spacial score (nSPS) is 15.6. The molecular weight excluding hydrogens is 296 g/mol. The highest BCUT2D eigenvalue weighted by Crippen LogP contribution is 2.16. The van der Waals surface area contributed by atoms with Crippen LogP contribution in [0.2, 0.25) is 0 Å². The second kappa shape index (κ2) is 8.22. The predicted octanol–water partition coefficient (Wildman–Crippen LogP) is 2.89. The molecule has 22 heavy (non-hydrogen) atoms. The Bertz CT molecular complexity index is 525. The smallest absolute Gasteiger partial charge is 0.252 e. The van der Waals surface area contributed by atoms with Gasteiger partial charge in [0.05, 0.1) is 5.56 Å². The van der Waals surface area contributed by atoms with Gasteiger partial charge in [0.25, 0.3) is 5.91 Å². The molecule has 0 saturated carbocycles. The van der Waals surface area contributed by atoms with Crippen molar-refractivity contribution in [1.82, 2.24) is 10.2 Å². The summed E-state index contributed by atoms with van der Waals surface area (Å²) in [5.74, 6) is 0.161. The summed E-state index contributed by atoms with van der Waals surface area (Å²) in [6.45, 7) is 3.56. The topological polar surface area (TPSA) is 49.4 Å². The van der Waals surface area contributed by atoms with Gasteiger partial charge in [-0.1, -0.05) is 25.5 Å². The molecular formula is C17H24N2O2S. The molecule has 0 spiro atoms. The molecule has 0 aliphatic carbocycles. The number of carbonyl (C=O) groups excluding carboxylic acids is 2. The van der Waals surface area contributed by atoms with Crippen LogP contribution in [0.3, 0.4) is 0 Å². The van der Waals surface area contributed by atoms with Crippen molar-refractivity contribution >= 4 is 24.4 Å². The Kier molecular flexibility index (Phi) is 6.31. The summed E-state index contributed by atoms with van der Waals surface area (Å²) in [6.07, 6.45) is 4.27. The standard InChI is InChI=1S/C17H24N2O2S/c1-2-3-8-16(20)19-11-9-13(10-12-19)18-17(21)14-6-4-5-7-15(14)22/h4-7,13,22H,2-3,8-12H2,1H3,(H,18,21). The van der Waals surface area contributed by atoms with E-state index in [4.69, 9.17) is 0 Å². The van der Waals surface area contributed by atoms with Crippen LogP contribution in [0.4, 0.5) is 0 Å². The van der Waals surface area contributed by atoms with Crippen LogP contribution in [0.15, 0.2) is 29.2 Å². The average Bonchev–Trinajstić information content (AvgIpc) is 2.53. The molecule has 1 aromatic carbocycles. The van der Waals surface area contributed by atoms with Crippen molar-refractivity contribution in [2.75, 3.05) is 13.1 Å². The predicted molar refractivity (Wildman–Crippen MR) is 90.3 cm³/mol. The number of piperidine rings is 1. The highest BCUT2D eigenvalue weighted by molar-refractivity contribution is 7.80. The summed E-state index contributed by atoms with van der Waals surface area (Å²) in [7, 11) is 0. The average molecular weight is 320 g/mol. The molecule has 1 aromatic rings. The number of nitrogens with zero attached hydrogens (tertiary/aromatic N) is 1. The Hall–Kier alpha value is -1.49. The molecule has 0 bridgehead atoms. The lowest BCUT2D eigenvalue weighted by Crippen LogP contribution is -2.46. The van der Waals surface area contributed by atoms with E-state index >= 15 is 0 Å².